The molecule has 1 aromatic carbocycles. The predicted octanol–water partition coefficient (Wildman–Crippen LogP) is 2.63. The first-order valence-corrected chi connectivity index (χ1v) is 10.5. The first-order chi connectivity index (χ1) is 14.7. The molecule has 0 atom stereocenters. The van der Waals surface area contributed by atoms with Crippen molar-refractivity contribution in [3.05, 3.63) is 54.5 Å². The highest BCUT2D eigenvalue weighted by atomic mass is 16.5. The number of rotatable bonds is 5. The van der Waals surface area contributed by atoms with Gasteiger partial charge in [-0.2, -0.15) is 4.98 Å². The summed E-state index contributed by atoms with van der Waals surface area (Å²) in [4.78, 5) is 13.8. The monoisotopic (exact) mass is 405 g/mol. The van der Waals surface area contributed by atoms with Crippen molar-refractivity contribution in [3.8, 4) is 5.82 Å². The summed E-state index contributed by atoms with van der Waals surface area (Å²) in [6.07, 6.45) is 4.59. The maximum atomic E-state index is 5.38. The van der Waals surface area contributed by atoms with E-state index in [0.717, 1.165) is 50.9 Å². The fourth-order valence-electron chi connectivity index (χ4n) is 4.06. The number of hydrogen-bond acceptors (Lipinski definition) is 7. The zero-order chi connectivity index (χ0) is 20.3. The number of nitrogens with one attached hydrogen (secondary N) is 1. The van der Waals surface area contributed by atoms with Gasteiger partial charge in [0.15, 0.2) is 5.82 Å². The second kappa shape index (κ2) is 8.41. The van der Waals surface area contributed by atoms with Gasteiger partial charge in [0.2, 0.25) is 5.95 Å². The Kier molecular flexibility index (Phi) is 5.33. The molecule has 156 valence electrons. The Morgan fingerprint density at radius 3 is 2.77 bits per heavy atom. The Morgan fingerprint density at radius 2 is 1.97 bits per heavy atom. The van der Waals surface area contributed by atoms with Crippen molar-refractivity contribution in [1.82, 2.24) is 24.6 Å². The topological polar surface area (TPSA) is 71.3 Å². The molecule has 8 nitrogen and oxygen atoms in total. The van der Waals surface area contributed by atoms with Gasteiger partial charge in [-0.05, 0) is 49.2 Å². The molecule has 2 saturated heterocycles. The van der Waals surface area contributed by atoms with E-state index in [1.165, 1.54) is 17.7 Å². The SMILES string of the molecule is Cc1cc(Nc2ncn(-c3ccccn3)n2)cc(N2CCCN(C3COC3)CC2)c1. The molecular formula is C22H27N7O. The van der Waals surface area contributed by atoms with Crippen LogP contribution >= 0.6 is 0 Å². The van der Waals surface area contributed by atoms with Crippen LogP contribution in [0.2, 0.25) is 0 Å². The van der Waals surface area contributed by atoms with Crippen LogP contribution in [0.1, 0.15) is 12.0 Å². The summed E-state index contributed by atoms with van der Waals surface area (Å²) in [5.74, 6) is 1.30. The standard InChI is InChI=1S/C22H27N7O/c1-17-11-18(25-22-24-16-29(26-22)21-5-2-3-6-23-21)13-19(12-17)27-7-4-8-28(10-9-27)20-14-30-15-20/h2-3,5-6,11-13,16,20H,4,7-10,14-15H2,1H3,(H,25,26). The van der Waals surface area contributed by atoms with Crippen molar-refractivity contribution < 1.29 is 4.74 Å². The van der Waals surface area contributed by atoms with E-state index in [4.69, 9.17) is 4.74 Å². The van der Waals surface area contributed by atoms with Crippen LogP contribution in [0, 0.1) is 6.92 Å². The number of ether oxygens (including phenoxy) is 1. The van der Waals surface area contributed by atoms with Crippen molar-refractivity contribution in [2.75, 3.05) is 49.6 Å². The first-order valence-electron chi connectivity index (χ1n) is 10.5. The highest BCUT2D eigenvalue weighted by molar-refractivity contribution is 5.64. The summed E-state index contributed by atoms with van der Waals surface area (Å²) in [6, 6.07) is 12.9. The molecule has 2 fully saturated rings. The molecule has 0 radical (unpaired) electrons. The summed E-state index contributed by atoms with van der Waals surface area (Å²) in [5, 5.41) is 7.86. The molecule has 5 rings (SSSR count). The molecule has 4 heterocycles. The van der Waals surface area contributed by atoms with Crippen LogP contribution in [0.25, 0.3) is 5.82 Å². The van der Waals surface area contributed by atoms with Crippen molar-refractivity contribution in [2.24, 2.45) is 0 Å². The Hall–Kier alpha value is -2.97. The fraction of sp³-hybridized carbons (Fsp3) is 0.409. The van der Waals surface area contributed by atoms with Crippen LogP contribution in [0.3, 0.4) is 0 Å². The van der Waals surface area contributed by atoms with Crippen LogP contribution in [0.5, 0.6) is 0 Å². The van der Waals surface area contributed by atoms with E-state index in [0.29, 0.717) is 12.0 Å². The minimum absolute atomic E-state index is 0.559. The third kappa shape index (κ3) is 4.15. The minimum atomic E-state index is 0.559. The van der Waals surface area contributed by atoms with Crippen LogP contribution in [-0.2, 0) is 4.74 Å². The van der Waals surface area contributed by atoms with Crippen LogP contribution in [-0.4, -0.2) is 70.1 Å². The van der Waals surface area contributed by atoms with E-state index in [1.54, 1.807) is 17.2 Å². The van der Waals surface area contributed by atoms with Gasteiger partial charge in [-0.15, -0.1) is 5.10 Å². The molecule has 0 bridgehead atoms. The molecule has 1 N–H and O–H groups in total. The summed E-state index contributed by atoms with van der Waals surface area (Å²) in [5.41, 5.74) is 3.46. The normalized spacial score (nSPS) is 18.1. The van der Waals surface area contributed by atoms with Gasteiger partial charge >= 0.3 is 0 Å². The number of aromatic nitrogens is 4. The lowest BCUT2D eigenvalue weighted by Crippen LogP contribution is -2.50. The second-order valence-corrected chi connectivity index (χ2v) is 7.95. The lowest BCUT2D eigenvalue weighted by Gasteiger charge is -2.36. The Labute approximate surface area is 176 Å². The number of hydrogen-bond donors (Lipinski definition) is 1. The number of nitrogens with zero attached hydrogens (tertiary/aromatic N) is 6. The number of pyridine rings is 1. The lowest BCUT2D eigenvalue weighted by molar-refractivity contribution is -0.0625. The van der Waals surface area contributed by atoms with E-state index < -0.39 is 0 Å². The van der Waals surface area contributed by atoms with Crippen molar-refractivity contribution >= 4 is 17.3 Å². The third-order valence-electron chi connectivity index (χ3n) is 5.73. The highest BCUT2D eigenvalue weighted by Crippen LogP contribution is 2.26. The molecular weight excluding hydrogens is 378 g/mol. The average Bonchev–Trinajstić information content (AvgIpc) is 3.04. The molecule has 0 amide bonds. The largest absolute Gasteiger partial charge is 0.378 e. The van der Waals surface area contributed by atoms with E-state index in [-0.39, 0.29) is 0 Å². The Balaban J connectivity index is 1.30. The van der Waals surface area contributed by atoms with E-state index in [2.05, 4.69) is 55.3 Å². The van der Waals surface area contributed by atoms with Gasteiger partial charge in [0.05, 0.1) is 19.3 Å². The summed E-state index contributed by atoms with van der Waals surface area (Å²) < 4.78 is 7.05. The van der Waals surface area contributed by atoms with E-state index in [1.807, 2.05) is 18.2 Å². The number of aryl methyl sites for hydroxylation is 1. The zero-order valence-electron chi connectivity index (χ0n) is 17.2. The third-order valence-corrected chi connectivity index (χ3v) is 5.73. The number of anilines is 3. The fourth-order valence-corrected chi connectivity index (χ4v) is 4.06. The van der Waals surface area contributed by atoms with Gasteiger partial charge < -0.3 is 15.0 Å². The molecule has 0 spiro atoms. The van der Waals surface area contributed by atoms with Gasteiger partial charge in [0.1, 0.15) is 6.33 Å². The van der Waals surface area contributed by atoms with Gasteiger partial charge in [0.25, 0.3) is 0 Å². The molecule has 2 aromatic heterocycles. The maximum absolute atomic E-state index is 5.38. The maximum Gasteiger partial charge on any atom is 0.247 e. The molecule has 30 heavy (non-hydrogen) atoms. The lowest BCUT2D eigenvalue weighted by atomic mass is 10.1. The summed E-state index contributed by atoms with van der Waals surface area (Å²) in [6.45, 7) is 8.24. The average molecular weight is 406 g/mol. The van der Waals surface area contributed by atoms with E-state index in [9.17, 15) is 0 Å². The van der Waals surface area contributed by atoms with Gasteiger partial charge in [-0.1, -0.05) is 6.07 Å². The Morgan fingerprint density at radius 1 is 1.03 bits per heavy atom. The van der Waals surface area contributed by atoms with Gasteiger partial charge in [0, 0.05) is 43.8 Å². The van der Waals surface area contributed by atoms with Crippen LogP contribution in [0.15, 0.2) is 48.9 Å². The molecule has 2 aliphatic heterocycles. The first kappa shape index (κ1) is 19.0. The van der Waals surface area contributed by atoms with Gasteiger partial charge in [-0.3, -0.25) is 4.90 Å². The minimum Gasteiger partial charge on any atom is -0.378 e. The molecule has 8 heteroatoms. The summed E-state index contributed by atoms with van der Waals surface area (Å²) >= 11 is 0. The van der Waals surface area contributed by atoms with Crippen LogP contribution in [0.4, 0.5) is 17.3 Å². The van der Waals surface area contributed by atoms with Crippen molar-refractivity contribution in [3.63, 3.8) is 0 Å². The highest BCUT2D eigenvalue weighted by Gasteiger charge is 2.27. The predicted molar refractivity (Wildman–Crippen MR) is 117 cm³/mol. The zero-order valence-corrected chi connectivity index (χ0v) is 17.2. The molecule has 2 aliphatic rings. The molecule has 0 aliphatic carbocycles. The van der Waals surface area contributed by atoms with Gasteiger partial charge in [-0.25, -0.2) is 9.67 Å². The number of benzene rings is 1. The Bertz CT molecular complexity index is 986. The molecule has 3 aromatic rings. The van der Waals surface area contributed by atoms with Crippen molar-refractivity contribution in [1.29, 1.82) is 0 Å². The molecule has 0 unspecified atom stereocenters. The molecule has 0 saturated carbocycles. The second-order valence-electron chi connectivity index (χ2n) is 7.95. The smallest absolute Gasteiger partial charge is 0.247 e. The quantitative estimate of drug-likeness (QED) is 0.700. The van der Waals surface area contributed by atoms with Crippen molar-refractivity contribution in [2.45, 2.75) is 19.4 Å². The van der Waals surface area contributed by atoms with E-state index >= 15 is 0 Å². The van der Waals surface area contributed by atoms with Crippen LogP contribution < -0.4 is 10.2 Å². The summed E-state index contributed by atoms with van der Waals surface area (Å²) in [7, 11) is 0.